The van der Waals surface area contributed by atoms with E-state index in [0.717, 1.165) is 5.56 Å². The summed E-state index contributed by atoms with van der Waals surface area (Å²) in [6.07, 6.45) is 1.56. The van der Waals surface area contributed by atoms with Gasteiger partial charge in [0.25, 0.3) is 0 Å². The zero-order valence-corrected chi connectivity index (χ0v) is 14.7. The second-order valence-corrected chi connectivity index (χ2v) is 6.97. The largest absolute Gasteiger partial charge is 0.467 e. The molecular formula is C17H16FN5O2S. The summed E-state index contributed by atoms with van der Waals surface area (Å²) in [7, 11) is 0. The topological polar surface area (TPSA) is 85.0 Å². The maximum Gasteiger partial charge on any atom is 0.236 e. The number of benzene rings is 1. The fourth-order valence-corrected chi connectivity index (χ4v) is 3.92. The molecule has 0 saturated heterocycles. The van der Waals surface area contributed by atoms with Crippen LogP contribution < -0.4 is 10.7 Å². The van der Waals surface area contributed by atoms with Crippen LogP contribution in [-0.2, 0) is 11.3 Å². The Morgan fingerprint density at radius 3 is 2.88 bits per heavy atom. The van der Waals surface area contributed by atoms with Crippen molar-refractivity contribution in [3.63, 3.8) is 0 Å². The van der Waals surface area contributed by atoms with E-state index in [1.165, 1.54) is 23.9 Å². The monoisotopic (exact) mass is 373 g/mol. The summed E-state index contributed by atoms with van der Waals surface area (Å²) in [5, 5.41) is 11.1. The van der Waals surface area contributed by atoms with Crippen molar-refractivity contribution in [1.82, 2.24) is 20.2 Å². The Bertz CT molecular complexity index is 910. The number of aromatic nitrogens is 3. The molecule has 4 rings (SSSR count). The zero-order valence-electron chi connectivity index (χ0n) is 13.8. The highest BCUT2D eigenvalue weighted by atomic mass is 32.2. The van der Waals surface area contributed by atoms with E-state index < -0.39 is 5.25 Å². The van der Waals surface area contributed by atoms with Gasteiger partial charge in [0, 0.05) is 0 Å². The molecule has 9 heteroatoms. The molecule has 1 amide bonds. The Morgan fingerprint density at radius 1 is 1.35 bits per heavy atom. The summed E-state index contributed by atoms with van der Waals surface area (Å²) in [5.74, 6) is 0.871. The molecule has 0 saturated carbocycles. The molecule has 2 N–H and O–H groups in total. The van der Waals surface area contributed by atoms with Crippen molar-refractivity contribution in [1.29, 1.82) is 0 Å². The first kappa shape index (κ1) is 16.6. The van der Waals surface area contributed by atoms with Gasteiger partial charge in [-0.3, -0.25) is 4.79 Å². The minimum atomic E-state index is -0.494. The molecule has 1 aromatic carbocycles. The van der Waals surface area contributed by atoms with Gasteiger partial charge in [-0.05, 0) is 36.8 Å². The smallest absolute Gasteiger partial charge is 0.236 e. The number of nitrogens with one attached hydrogen (secondary N) is 2. The van der Waals surface area contributed by atoms with E-state index in [4.69, 9.17) is 4.42 Å². The third-order valence-electron chi connectivity index (χ3n) is 4.10. The second kappa shape index (κ2) is 6.83. The van der Waals surface area contributed by atoms with Crippen molar-refractivity contribution in [3.05, 3.63) is 65.6 Å². The predicted molar refractivity (Wildman–Crippen MR) is 93.5 cm³/mol. The number of fused-ring (bicyclic) bond motifs is 1. The Labute approximate surface area is 153 Å². The molecule has 0 fully saturated rings. The molecule has 0 bridgehead atoms. The molecule has 7 nitrogen and oxygen atoms in total. The van der Waals surface area contributed by atoms with Crippen LogP contribution in [-0.4, -0.2) is 26.0 Å². The van der Waals surface area contributed by atoms with Gasteiger partial charge in [0.1, 0.15) is 22.7 Å². The number of amides is 1. The van der Waals surface area contributed by atoms with E-state index in [2.05, 4.69) is 20.9 Å². The van der Waals surface area contributed by atoms with Crippen LogP contribution in [0, 0.1) is 12.7 Å². The first-order chi connectivity index (χ1) is 12.6. The molecule has 0 spiro atoms. The van der Waals surface area contributed by atoms with Gasteiger partial charge in [-0.25, -0.2) is 9.07 Å². The number of furan rings is 1. The van der Waals surface area contributed by atoms with Crippen LogP contribution in [0.5, 0.6) is 0 Å². The standard InChI is InChI=1S/C17H16FN5O2S/c1-10-20-21-17-23(10)22-14(11-4-6-12(18)7-5-11)15(26-17)16(24)19-9-13-3-2-8-25-13/h2-8,14-15,22H,9H2,1H3,(H,19,24)/t14-,15-/m0/s1. The van der Waals surface area contributed by atoms with Crippen molar-refractivity contribution in [3.8, 4) is 0 Å². The molecule has 2 atom stereocenters. The van der Waals surface area contributed by atoms with Crippen LogP contribution >= 0.6 is 11.8 Å². The first-order valence-electron chi connectivity index (χ1n) is 8.02. The van der Waals surface area contributed by atoms with Crippen molar-refractivity contribution in [2.75, 3.05) is 5.43 Å². The second-order valence-electron chi connectivity index (χ2n) is 5.86. The maximum atomic E-state index is 13.3. The summed E-state index contributed by atoms with van der Waals surface area (Å²) < 4.78 is 20.3. The van der Waals surface area contributed by atoms with Crippen molar-refractivity contribution < 1.29 is 13.6 Å². The molecule has 2 aromatic heterocycles. The van der Waals surface area contributed by atoms with E-state index in [9.17, 15) is 9.18 Å². The van der Waals surface area contributed by atoms with E-state index in [1.54, 1.807) is 35.2 Å². The summed E-state index contributed by atoms with van der Waals surface area (Å²) in [5.41, 5.74) is 4.07. The average Bonchev–Trinajstić information content (AvgIpc) is 3.29. The van der Waals surface area contributed by atoms with E-state index in [0.29, 0.717) is 23.3 Å². The molecule has 1 aliphatic rings. The zero-order chi connectivity index (χ0) is 18.1. The number of aryl methyl sites for hydroxylation is 1. The van der Waals surface area contributed by atoms with Gasteiger partial charge >= 0.3 is 0 Å². The summed E-state index contributed by atoms with van der Waals surface area (Å²) in [4.78, 5) is 12.8. The molecule has 134 valence electrons. The van der Waals surface area contributed by atoms with Crippen LogP contribution in [0.3, 0.4) is 0 Å². The van der Waals surface area contributed by atoms with Crippen molar-refractivity contribution in [2.45, 2.75) is 29.9 Å². The number of halogens is 1. The molecule has 3 aromatic rings. The lowest BCUT2D eigenvalue weighted by Crippen LogP contribution is -2.43. The fraction of sp³-hybridized carbons (Fsp3) is 0.235. The van der Waals surface area contributed by atoms with Gasteiger partial charge in [0.05, 0.1) is 18.8 Å². The van der Waals surface area contributed by atoms with Crippen LogP contribution in [0.1, 0.15) is 23.2 Å². The minimum Gasteiger partial charge on any atom is -0.467 e. The highest BCUT2D eigenvalue weighted by Crippen LogP contribution is 2.37. The van der Waals surface area contributed by atoms with Gasteiger partial charge < -0.3 is 15.2 Å². The summed E-state index contributed by atoms with van der Waals surface area (Å²) in [6, 6.07) is 9.31. The SMILES string of the molecule is Cc1nnc2n1N[C@@H](c1ccc(F)cc1)[C@@H](C(=O)NCc1ccco1)S2. The van der Waals surface area contributed by atoms with E-state index in [-0.39, 0.29) is 17.8 Å². The maximum absolute atomic E-state index is 13.3. The Kier molecular flexibility index (Phi) is 4.37. The Balaban J connectivity index is 1.60. The molecular weight excluding hydrogens is 357 g/mol. The highest BCUT2D eigenvalue weighted by Gasteiger charge is 2.37. The number of nitrogens with zero attached hydrogens (tertiary/aromatic N) is 3. The van der Waals surface area contributed by atoms with Crippen LogP contribution in [0.4, 0.5) is 4.39 Å². The van der Waals surface area contributed by atoms with Gasteiger partial charge in [-0.2, -0.15) is 0 Å². The van der Waals surface area contributed by atoms with Gasteiger partial charge in [0.15, 0.2) is 0 Å². The number of thioether (sulfide) groups is 1. The lowest BCUT2D eigenvalue weighted by molar-refractivity contribution is -0.121. The molecule has 26 heavy (non-hydrogen) atoms. The Hall–Kier alpha value is -2.81. The van der Waals surface area contributed by atoms with Crippen LogP contribution in [0.2, 0.25) is 0 Å². The predicted octanol–water partition coefficient (Wildman–Crippen LogP) is 2.39. The van der Waals surface area contributed by atoms with Gasteiger partial charge in [-0.15, -0.1) is 10.2 Å². The number of carbonyl (C=O) groups is 1. The number of rotatable bonds is 4. The summed E-state index contributed by atoms with van der Waals surface area (Å²) >= 11 is 1.32. The average molecular weight is 373 g/mol. The Morgan fingerprint density at radius 2 is 2.15 bits per heavy atom. The lowest BCUT2D eigenvalue weighted by atomic mass is 10.0. The summed E-state index contributed by atoms with van der Waals surface area (Å²) in [6.45, 7) is 2.12. The third-order valence-corrected chi connectivity index (χ3v) is 5.32. The molecule has 1 aliphatic heterocycles. The molecule has 0 radical (unpaired) electrons. The van der Waals surface area contributed by atoms with Crippen LogP contribution in [0.25, 0.3) is 0 Å². The quantitative estimate of drug-likeness (QED) is 0.731. The van der Waals surface area contributed by atoms with Crippen LogP contribution in [0.15, 0.2) is 52.2 Å². The van der Waals surface area contributed by atoms with Gasteiger partial charge in [-0.1, -0.05) is 23.9 Å². The normalized spacial score (nSPS) is 18.8. The number of carbonyl (C=O) groups excluding carboxylic acids is 1. The minimum absolute atomic E-state index is 0.167. The van der Waals surface area contributed by atoms with E-state index in [1.807, 2.05) is 6.92 Å². The highest BCUT2D eigenvalue weighted by molar-refractivity contribution is 8.00. The van der Waals surface area contributed by atoms with E-state index >= 15 is 0 Å². The molecule has 0 unspecified atom stereocenters. The first-order valence-corrected chi connectivity index (χ1v) is 8.90. The third kappa shape index (κ3) is 3.17. The fourth-order valence-electron chi connectivity index (χ4n) is 2.77. The molecule has 3 heterocycles. The van der Waals surface area contributed by atoms with Crippen molar-refractivity contribution in [2.24, 2.45) is 0 Å². The molecule has 0 aliphatic carbocycles. The van der Waals surface area contributed by atoms with Gasteiger partial charge in [0.2, 0.25) is 11.1 Å². The lowest BCUT2D eigenvalue weighted by Gasteiger charge is -2.32. The number of hydrogen-bond donors (Lipinski definition) is 2. The number of hydrogen-bond acceptors (Lipinski definition) is 6. The van der Waals surface area contributed by atoms with Crippen molar-refractivity contribution >= 4 is 17.7 Å².